The molecule has 1 heterocycles. The Hall–Kier alpha value is -2.37. The van der Waals surface area contributed by atoms with Crippen LogP contribution in [0, 0.1) is 0 Å². The Morgan fingerprint density at radius 1 is 1.33 bits per heavy atom. The number of nitrogens with one attached hydrogen (secondary N) is 1. The Morgan fingerprint density at radius 2 is 2.00 bits per heavy atom. The maximum atomic E-state index is 12.6. The van der Waals surface area contributed by atoms with Gasteiger partial charge in [0.2, 0.25) is 5.91 Å². The zero-order valence-electron chi connectivity index (χ0n) is 12.3. The van der Waals surface area contributed by atoms with Gasteiger partial charge in [-0.2, -0.15) is 0 Å². The first-order valence-electron chi connectivity index (χ1n) is 6.65. The summed E-state index contributed by atoms with van der Waals surface area (Å²) in [6, 6.07) is 4.93. The van der Waals surface area contributed by atoms with Crippen molar-refractivity contribution >= 4 is 23.5 Å². The smallest absolute Gasteiger partial charge is 0.323 e. The number of hydrogen-bond donors (Lipinski definition) is 2. The van der Waals surface area contributed by atoms with Crippen LogP contribution in [0.1, 0.15) is 36.7 Å². The van der Waals surface area contributed by atoms with E-state index in [9.17, 15) is 14.4 Å². The van der Waals surface area contributed by atoms with Crippen molar-refractivity contribution in [3.63, 3.8) is 0 Å². The molecule has 2 N–H and O–H groups in total. The largest absolute Gasteiger partial charge is 0.480 e. The Morgan fingerprint density at radius 3 is 2.57 bits per heavy atom. The van der Waals surface area contributed by atoms with Crippen molar-refractivity contribution in [2.24, 2.45) is 0 Å². The van der Waals surface area contributed by atoms with E-state index >= 15 is 0 Å². The van der Waals surface area contributed by atoms with Crippen LogP contribution >= 0.6 is 0 Å². The van der Waals surface area contributed by atoms with E-state index in [1.54, 1.807) is 39.0 Å². The number of benzene rings is 1. The molecule has 0 saturated carbocycles. The van der Waals surface area contributed by atoms with Gasteiger partial charge in [0.15, 0.2) is 0 Å². The van der Waals surface area contributed by atoms with Gasteiger partial charge in [-0.3, -0.25) is 14.4 Å². The lowest BCUT2D eigenvalue weighted by molar-refractivity contribution is -0.138. The van der Waals surface area contributed by atoms with Crippen molar-refractivity contribution in [3.05, 3.63) is 29.3 Å². The molecular weight excluding hydrogens is 272 g/mol. The van der Waals surface area contributed by atoms with Gasteiger partial charge in [-0.15, -0.1) is 0 Å². The minimum Gasteiger partial charge on any atom is -0.480 e. The summed E-state index contributed by atoms with van der Waals surface area (Å²) in [4.78, 5) is 36.2. The first kappa shape index (κ1) is 15.0. The summed E-state index contributed by atoms with van der Waals surface area (Å²) in [5.74, 6) is -1.52. The third-order valence-electron chi connectivity index (χ3n) is 3.33. The molecule has 0 atom stereocenters. The highest BCUT2D eigenvalue weighted by Gasteiger charge is 2.30. The minimum absolute atomic E-state index is 0.104. The Bertz CT molecular complexity index is 617. The van der Waals surface area contributed by atoms with Crippen molar-refractivity contribution in [2.75, 3.05) is 11.9 Å². The number of aliphatic carboxylic acids is 1. The van der Waals surface area contributed by atoms with Crippen molar-refractivity contribution in [1.29, 1.82) is 0 Å². The normalized spacial score (nSPS) is 13.6. The number of rotatable bonds is 3. The molecule has 112 valence electrons. The highest BCUT2D eigenvalue weighted by molar-refractivity contribution is 6.02. The topological polar surface area (TPSA) is 86.7 Å². The van der Waals surface area contributed by atoms with Gasteiger partial charge in [-0.05, 0) is 44.5 Å². The summed E-state index contributed by atoms with van der Waals surface area (Å²) in [7, 11) is 0. The fraction of sp³-hybridized carbons (Fsp3) is 0.400. The van der Waals surface area contributed by atoms with Gasteiger partial charge in [-0.1, -0.05) is 0 Å². The van der Waals surface area contributed by atoms with E-state index in [-0.39, 0.29) is 24.8 Å². The van der Waals surface area contributed by atoms with Gasteiger partial charge in [0.1, 0.15) is 6.54 Å². The molecule has 6 heteroatoms. The van der Waals surface area contributed by atoms with Crippen LogP contribution in [0.5, 0.6) is 0 Å². The Labute approximate surface area is 122 Å². The predicted molar refractivity (Wildman–Crippen MR) is 77.2 cm³/mol. The van der Waals surface area contributed by atoms with E-state index in [2.05, 4.69) is 5.32 Å². The number of nitrogens with zero attached hydrogens (tertiary/aromatic N) is 1. The molecule has 1 aliphatic rings. The predicted octanol–water partition coefficient (Wildman–Crippen LogP) is 1.51. The molecule has 6 nitrogen and oxygen atoms in total. The van der Waals surface area contributed by atoms with Crippen LogP contribution in [0.25, 0.3) is 0 Å². The molecule has 0 fully saturated rings. The molecule has 0 aromatic heterocycles. The summed E-state index contributed by atoms with van der Waals surface area (Å²) in [5.41, 5.74) is 1.25. The van der Waals surface area contributed by atoms with Crippen LogP contribution in [0.3, 0.4) is 0 Å². The number of anilines is 1. The van der Waals surface area contributed by atoms with Crippen LogP contribution in [0.15, 0.2) is 18.2 Å². The molecule has 0 unspecified atom stereocenters. The molecule has 1 aromatic carbocycles. The number of fused-ring (bicyclic) bond motifs is 1. The van der Waals surface area contributed by atoms with Gasteiger partial charge in [-0.25, -0.2) is 0 Å². The Kier molecular flexibility index (Phi) is 3.72. The first-order valence-corrected chi connectivity index (χ1v) is 6.65. The van der Waals surface area contributed by atoms with Gasteiger partial charge in [0.05, 0.1) is 6.42 Å². The molecule has 21 heavy (non-hydrogen) atoms. The molecule has 2 amide bonds. The SMILES string of the molecule is CC(C)(C)N(CC(=O)O)C(=O)c1ccc2c(c1)CC(=O)N2. The van der Waals surface area contributed by atoms with Crippen molar-refractivity contribution < 1.29 is 19.5 Å². The summed E-state index contributed by atoms with van der Waals surface area (Å²) >= 11 is 0. The van der Waals surface area contributed by atoms with Gasteiger partial charge in [0, 0.05) is 16.8 Å². The standard InChI is InChI=1S/C15H18N2O4/c1-15(2,3)17(8-13(19)20)14(21)9-4-5-11-10(6-9)7-12(18)16-11/h4-6H,7-8H2,1-3H3,(H,16,18)(H,19,20). The number of carbonyl (C=O) groups excluding carboxylic acids is 2. The second-order valence-electron chi connectivity index (χ2n) is 6.05. The first-order chi connectivity index (χ1) is 9.68. The maximum absolute atomic E-state index is 12.6. The van der Waals surface area contributed by atoms with Gasteiger partial charge >= 0.3 is 5.97 Å². The number of hydrogen-bond acceptors (Lipinski definition) is 3. The summed E-state index contributed by atoms with van der Waals surface area (Å²) < 4.78 is 0. The minimum atomic E-state index is -1.06. The molecule has 0 radical (unpaired) electrons. The molecule has 0 aliphatic carbocycles. The Balaban J connectivity index is 2.32. The van der Waals surface area contributed by atoms with E-state index in [0.717, 1.165) is 5.56 Å². The highest BCUT2D eigenvalue weighted by atomic mass is 16.4. The van der Waals surface area contributed by atoms with Crippen molar-refractivity contribution in [3.8, 4) is 0 Å². The third kappa shape index (κ3) is 3.21. The quantitative estimate of drug-likeness (QED) is 0.883. The summed E-state index contributed by atoms with van der Waals surface area (Å²) in [6.07, 6.45) is 0.241. The lowest BCUT2D eigenvalue weighted by Crippen LogP contribution is -2.48. The average molecular weight is 290 g/mol. The zero-order valence-corrected chi connectivity index (χ0v) is 12.3. The summed E-state index contributed by atoms with van der Waals surface area (Å²) in [5, 5.41) is 11.7. The van der Waals surface area contributed by atoms with E-state index in [1.165, 1.54) is 4.90 Å². The monoisotopic (exact) mass is 290 g/mol. The molecule has 0 spiro atoms. The molecule has 1 aliphatic heterocycles. The average Bonchev–Trinajstić information content (AvgIpc) is 2.72. The number of carboxylic acid groups (broad SMARTS) is 1. The fourth-order valence-corrected chi connectivity index (χ4v) is 2.27. The number of carboxylic acids is 1. The second-order valence-corrected chi connectivity index (χ2v) is 6.05. The molecule has 0 saturated heterocycles. The van der Waals surface area contributed by atoms with E-state index < -0.39 is 11.5 Å². The van der Waals surface area contributed by atoms with Crippen LogP contribution in [0.2, 0.25) is 0 Å². The highest BCUT2D eigenvalue weighted by Crippen LogP contribution is 2.25. The zero-order chi connectivity index (χ0) is 15.8. The second kappa shape index (κ2) is 5.20. The third-order valence-corrected chi connectivity index (χ3v) is 3.33. The van der Waals surface area contributed by atoms with E-state index in [4.69, 9.17) is 5.11 Å². The van der Waals surface area contributed by atoms with Crippen LogP contribution in [-0.4, -0.2) is 39.9 Å². The van der Waals surface area contributed by atoms with Crippen molar-refractivity contribution in [1.82, 2.24) is 4.90 Å². The lowest BCUT2D eigenvalue weighted by atomic mass is 10.0. The van der Waals surface area contributed by atoms with Gasteiger partial charge < -0.3 is 15.3 Å². The van der Waals surface area contributed by atoms with Crippen LogP contribution < -0.4 is 5.32 Å². The lowest BCUT2D eigenvalue weighted by Gasteiger charge is -2.34. The molecule has 1 aromatic rings. The van der Waals surface area contributed by atoms with E-state index in [0.29, 0.717) is 11.3 Å². The van der Waals surface area contributed by atoms with Crippen LogP contribution in [-0.2, 0) is 16.0 Å². The molecule has 2 rings (SSSR count). The van der Waals surface area contributed by atoms with Crippen LogP contribution in [0.4, 0.5) is 5.69 Å². The van der Waals surface area contributed by atoms with Gasteiger partial charge in [0.25, 0.3) is 5.91 Å². The molecular formula is C15H18N2O4. The van der Waals surface area contributed by atoms with E-state index in [1.807, 2.05) is 0 Å². The maximum Gasteiger partial charge on any atom is 0.323 e. The van der Waals surface area contributed by atoms with Crippen molar-refractivity contribution in [2.45, 2.75) is 32.7 Å². The fourth-order valence-electron chi connectivity index (χ4n) is 2.27. The molecule has 0 bridgehead atoms. The summed E-state index contributed by atoms with van der Waals surface area (Å²) in [6.45, 7) is 4.99. The number of amides is 2. The number of carbonyl (C=O) groups is 3.